The number of anilines is 2. The summed E-state index contributed by atoms with van der Waals surface area (Å²) in [7, 11) is 1.54. The molecule has 9 heteroatoms. The largest absolute Gasteiger partial charge is 0.497 e. The van der Waals surface area contributed by atoms with Crippen molar-refractivity contribution in [3.63, 3.8) is 0 Å². The third-order valence-corrected chi connectivity index (χ3v) is 4.58. The summed E-state index contributed by atoms with van der Waals surface area (Å²) in [5.41, 5.74) is 8.67. The minimum atomic E-state index is -0.936. The van der Waals surface area contributed by atoms with Gasteiger partial charge in [-0.05, 0) is 41.8 Å². The van der Waals surface area contributed by atoms with Gasteiger partial charge in [0.1, 0.15) is 11.4 Å². The highest BCUT2D eigenvalue weighted by Gasteiger charge is 2.18. The molecule has 3 amide bonds. The number of H-pyrrole nitrogens is 1. The molecule has 6 N–H and O–H groups in total. The van der Waals surface area contributed by atoms with Gasteiger partial charge in [0.15, 0.2) is 0 Å². The highest BCUT2D eigenvalue weighted by Crippen LogP contribution is 2.30. The van der Waals surface area contributed by atoms with Gasteiger partial charge in [0.05, 0.1) is 7.11 Å². The fourth-order valence-electron chi connectivity index (χ4n) is 3.14. The molecule has 0 saturated carbocycles. The third-order valence-electron chi connectivity index (χ3n) is 4.58. The second-order valence-electron chi connectivity index (χ2n) is 6.71. The number of aliphatic carboxylic acids is 1. The number of benzene rings is 2. The fraction of sp³-hybridized carbons (Fsp3) is 0.136. The molecule has 0 aliphatic heterocycles. The van der Waals surface area contributed by atoms with Crippen LogP contribution >= 0.6 is 0 Å². The van der Waals surface area contributed by atoms with Crippen LogP contribution in [0.15, 0.2) is 54.7 Å². The first-order valence-electron chi connectivity index (χ1n) is 9.41. The number of methoxy groups -OCH3 is 1. The van der Waals surface area contributed by atoms with Crippen molar-refractivity contribution in [2.45, 2.75) is 12.8 Å². The minimum absolute atomic E-state index is 0.0763. The maximum Gasteiger partial charge on any atom is 0.323 e. The Morgan fingerprint density at radius 2 is 1.77 bits per heavy atom. The van der Waals surface area contributed by atoms with Crippen molar-refractivity contribution in [2.75, 3.05) is 17.7 Å². The van der Waals surface area contributed by atoms with Crippen LogP contribution in [0.2, 0.25) is 0 Å². The highest BCUT2D eigenvalue weighted by molar-refractivity contribution is 6.01. The van der Waals surface area contributed by atoms with Crippen molar-refractivity contribution in [1.29, 1.82) is 0 Å². The summed E-state index contributed by atoms with van der Waals surface area (Å²) in [4.78, 5) is 37.8. The Labute approximate surface area is 178 Å². The van der Waals surface area contributed by atoms with Crippen molar-refractivity contribution in [3.8, 4) is 16.9 Å². The zero-order valence-corrected chi connectivity index (χ0v) is 16.8. The van der Waals surface area contributed by atoms with Gasteiger partial charge in [-0.2, -0.15) is 0 Å². The van der Waals surface area contributed by atoms with Gasteiger partial charge in [0, 0.05) is 35.6 Å². The molecule has 0 aliphatic carbocycles. The molecule has 31 heavy (non-hydrogen) atoms. The van der Waals surface area contributed by atoms with E-state index in [1.165, 1.54) is 0 Å². The van der Waals surface area contributed by atoms with Crippen molar-refractivity contribution in [2.24, 2.45) is 5.73 Å². The lowest BCUT2D eigenvalue weighted by Crippen LogP contribution is -2.19. The average Bonchev–Trinajstić information content (AvgIpc) is 3.17. The maximum atomic E-state index is 12.3. The van der Waals surface area contributed by atoms with Crippen molar-refractivity contribution in [1.82, 2.24) is 4.98 Å². The van der Waals surface area contributed by atoms with E-state index in [0.717, 1.165) is 0 Å². The molecule has 1 heterocycles. The number of aromatic amines is 1. The standard InChI is InChI=1S/C22H22N4O5/c1-31-17-4-2-3-16(11-17)26-22(30)25-15-8-5-13(6-9-15)19-14(7-10-18(27)28)12-24-20(19)21(23)29/h2-6,8-9,11-12,24H,7,10H2,1H3,(H2,23,29)(H,27,28)(H2,25,26,30). The van der Waals surface area contributed by atoms with Gasteiger partial charge in [-0.15, -0.1) is 0 Å². The molecule has 0 unspecified atom stereocenters. The van der Waals surface area contributed by atoms with E-state index in [2.05, 4.69) is 15.6 Å². The smallest absolute Gasteiger partial charge is 0.323 e. The first-order chi connectivity index (χ1) is 14.9. The topological polar surface area (TPSA) is 147 Å². The SMILES string of the molecule is COc1cccc(NC(=O)Nc2ccc(-c3c(CCC(=O)O)c[nH]c3C(N)=O)cc2)c1. The molecule has 1 aromatic heterocycles. The molecule has 0 fully saturated rings. The van der Waals surface area contributed by atoms with Crippen LogP contribution in [0.5, 0.6) is 5.75 Å². The monoisotopic (exact) mass is 422 g/mol. The van der Waals surface area contributed by atoms with Crippen LogP contribution < -0.4 is 21.1 Å². The van der Waals surface area contributed by atoms with Crippen molar-refractivity contribution >= 4 is 29.3 Å². The van der Waals surface area contributed by atoms with E-state index in [9.17, 15) is 14.4 Å². The average molecular weight is 422 g/mol. The van der Waals surface area contributed by atoms with Gasteiger partial charge in [-0.1, -0.05) is 18.2 Å². The molecular formula is C22H22N4O5. The molecule has 160 valence electrons. The van der Waals surface area contributed by atoms with Gasteiger partial charge >= 0.3 is 12.0 Å². The lowest BCUT2D eigenvalue weighted by Gasteiger charge is -2.10. The summed E-state index contributed by atoms with van der Waals surface area (Å²) in [6.07, 6.45) is 1.76. The highest BCUT2D eigenvalue weighted by atomic mass is 16.5. The zero-order valence-electron chi connectivity index (χ0n) is 16.8. The number of carbonyl (C=O) groups excluding carboxylic acids is 2. The predicted molar refractivity (Wildman–Crippen MR) is 116 cm³/mol. The van der Waals surface area contributed by atoms with Crippen molar-refractivity contribution < 1.29 is 24.2 Å². The molecule has 0 atom stereocenters. The summed E-state index contributed by atoms with van der Waals surface area (Å²) in [6, 6.07) is 13.3. The Balaban J connectivity index is 1.75. The quantitative estimate of drug-likeness (QED) is 0.377. The molecule has 9 nitrogen and oxygen atoms in total. The first kappa shape index (κ1) is 21.4. The second kappa shape index (κ2) is 9.49. The number of aryl methyl sites for hydroxylation is 1. The molecule has 0 saturated heterocycles. The maximum absolute atomic E-state index is 12.3. The zero-order chi connectivity index (χ0) is 22.4. The van der Waals surface area contributed by atoms with Crippen LogP contribution in [0.1, 0.15) is 22.5 Å². The van der Waals surface area contributed by atoms with Gasteiger partial charge in [-0.25, -0.2) is 4.79 Å². The van der Waals surface area contributed by atoms with E-state index in [-0.39, 0.29) is 18.5 Å². The van der Waals surface area contributed by atoms with Crippen LogP contribution in [0.4, 0.5) is 16.2 Å². The summed E-state index contributed by atoms with van der Waals surface area (Å²) in [5.74, 6) is -0.955. The van der Waals surface area contributed by atoms with E-state index < -0.39 is 17.9 Å². The molecule has 0 spiro atoms. The number of primary amides is 1. The van der Waals surface area contributed by atoms with Crippen LogP contribution in [0, 0.1) is 0 Å². The summed E-state index contributed by atoms with van der Waals surface area (Å²) in [6.45, 7) is 0. The molecule has 3 aromatic rings. The molecule has 2 aromatic carbocycles. The number of ether oxygens (including phenoxy) is 1. The van der Waals surface area contributed by atoms with Crippen LogP contribution in [0.25, 0.3) is 11.1 Å². The summed E-state index contributed by atoms with van der Waals surface area (Å²) < 4.78 is 5.13. The van der Waals surface area contributed by atoms with Gasteiger partial charge < -0.3 is 31.2 Å². The summed E-state index contributed by atoms with van der Waals surface area (Å²) >= 11 is 0. The number of urea groups is 1. The number of carboxylic acids is 1. The number of hydrogen-bond donors (Lipinski definition) is 5. The number of rotatable bonds is 8. The minimum Gasteiger partial charge on any atom is -0.497 e. The Morgan fingerprint density at radius 3 is 2.42 bits per heavy atom. The van der Waals surface area contributed by atoms with Gasteiger partial charge in [0.25, 0.3) is 5.91 Å². The molecule has 3 rings (SSSR count). The Morgan fingerprint density at radius 1 is 1.06 bits per heavy atom. The predicted octanol–water partition coefficient (Wildman–Crippen LogP) is 3.45. The Hall–Kier alpha value is -4.27. The molecule has 0 radical (unpaired) electrons. The lowest BCUT2D eigenvalue weighted by molar-refractivity contribution is -0.136. The number of carboxylic acid groups (broad SMARTS) is 1. The number of amides is 3. The second-order valence-corrected chi connectivity index (χ2v) is 6.71. The van der Waals surface area contributed by atoms with Crippen LogP contribution in [0.3, 0.4) is 0 Å². The van der Waals surface area contributed by atoms with E-state index in [1.807, 2.05) is 0 Å². The van der Waals surface area contributed by atoms with E-state index in [4.69, 9.17) is 15.6 Å². The van der Waals surface area contributed by atoms with Crippen molar-refractivity contribution in [3.05, 3.63) is 66.0 Å². The summed E-state index contributed by atoms with van der Waals surface area (Å²) in [5, 5.41) is 14.4. The van der Waals surface area contributed by atoms with E-state index >= 15 is 0 Å². The molecule has 0 bridgehead atoms. The Bertz CT molecular complexity index is 1110. The van der Waals surface area contributed by atoms with Crippen LogP contribution in [-0.2, 0) is 11.2 Å². The van der Waals surface area contributed by atoms with Crippen LogP contribution in [-0.4, -0.2) is 35.1 Å². The van der Waals surface area contributed by atoms with Gasteiger partial charge in [0.2, 0.25) is 0 Å². The number of aromatic nitrogens is 1. The number of nitrogens with two attached hydrogens (primary N) is 1. The number of hydrogen-bond acceptors (Lipinski definition) is 4. The van der Waals surface area contributed by atoms with Gasteiger partial charge in [-0.3, -0.25) is 9.59 Å². The fourth-order valence-corrected chi connectivity index (χ4v) is 3.14. The normalized spacial score (nSPS) is 10.4. The Kier molecular flexibility index (Phi) is 6.56. The first-order valence-corrected chi connectivity index (χ1v) is 9.41. The molecule has 0 aliphatic rings. The lowest BCUT2D eigenvalue weighted by atomic mass is 9.98. The van der Waals surface area contributed by atoms with E-state index in [0.29, 0.717) is 33.8 Å². The van der Waals surface area contributed by atoms with E-state index in [1.54, 1.807) is 61.8 Å². The third kappa shape index (κ3) is 5.41. The molecular weight excluding hydrogens is 400 g/mol. The number of nitrogens with one attached hydrogen (secondary N) is 3. The number of carbonyl (C=O) groups is 3.